The van der Waals surface area contributed by atoms with E-state index in [0.717, 1.165) is 11.1 Å². The normalized spacial score (nSPS) is 18.8. The van der Waals surface area contributed by atoms with Crippen LogP contribution in [0.2, 0.25) is 10.0 Å². The van der Waals surface area contributed by atoms with E-state index in [1.807, 2.05) is 12.1 Å². The Kier molecular flexibility index (Phi) is 4.73. The zero-order valence-corrected chi connectivity index (χ0v) is 16.8. The van der Waals surface area contributed by atoms with Crippen LogP contribution in [0, 0.1) is 5.82 Å². The molecule has 0 aliphatic carbocycles. The maximum absolute atomic E-state index is 13.4. The van der Waals surface area contributed by atoms with Crippen LogP contribution < -0.4 is 0 Å². The van der Waals surface area contributed by atoms with E-state index in [2.05, 4.69) is 10.1 Å². The highest BCUT2D eigenvalue weighted by Crippen LogP contribution is 2.33. The maximum atomic E-state index is 13.4. The first-order valence-electron chi connectivity index (χ1n) is 9.07. The first kappa shape index (κ1) is 18.8. The molecule has 3 aromatic carbocycles. The molecule has 0 amide bonds. The van der Waals surface area contributed by atoms with Gasteiger partial charge in [-0.3, -0.25) is 0 Å². The molecule has 148 valence electrons. The lowest BCUT2D eigenvalue weighted by molar-refractivity contribution is 0.519. The predicted octanol–water partition coefficient (Wildman–Crippen LogP) is 5.97. The summed E-state index contributed by atoms with van der Waals surface area (Å²) in [4.78, 5) is 9.37. The summed E-state index contributed by atoms with van der Waals surface area (Å²) >= 11 is 12.0. The topological polar surface area (TPSA) is 49.6 Å². The van der Waals surface area contributed by atoms with Gasteiger partial charge in [-0.1, -0.05) is 35.3 Å². The largest absolute Gasteiger partial charge is 0.403 e. The van der Waals surface area contributed by atoms with Gasteiger partial charge < -0.3 is 4.74 Å². The predicted molar refractivity (Wildman–Crippen MR) is 116 cm³/mol. The molecule has 5 nitrogen and oxygen atoms in total. The summed E-state index contributed by atoms with van der Waals surface area (Å²) < 4.78 is 19.3. The molecule has 0 N–H and O–H groups in total. The third-order valence-corrected chi connectivity index (χ3v) is 5.11. The summed E-state index contributed by atoms with van der Waals surface area (Å²) in [5, 5.41) is 7.36. The van der Waals surface area contributed by atoms with E-state index in [1.165, 1.54) is 12.1 Å². The maximum Gasteiger partial charge on any atom is 0.322 e. The summed E-state index contributed by atoms with van der Waals surface area (Å²) in [7, 11) is 0. The van der Waals surface area contributed by atoms with Crippen LogP contribution in [0.5, 0.6) is 0 Å². The number of ether oxygens (including phenoxy) is 1. The number of fused-ring (bicyclic) bond motifs is 1. The lowest BCUT2D eigenvalue weighted by Crippen LogP contribution is -2.25. The Morgan fingerprint density at radius 2 is 1.50 bits per heavy atom. The Labute approximate surface area is 181 Å². The van der Waals surface area contributed by atoms with E-state index in [0.29, 0.717) is 33.5 Å². The van der Waals surface area contributed by atoms with Gasteiger partial charge in [-0.05, 0) is 66.2 Å². The number of amidine groups is 2. The minimum absolute atomic E-state index is 0.307. The minimum Gasteiger partial charge on any atom is -0.403 e. The smallest absolute Gasteiger partial charge is 0.322 e. The minimum atomic E-state index is -0.480. The van der Waals surface area contributed by atoms with Crippen molar-refractivity contribution in [2.24, 2.45) is 15.1 Å². The SMILES string of the molecule is Fc1ccc(C2N=C3OC(c4ccc(Cl)cc4)=NN3C2=Nc2ccc(Cl)cc2)cc1. The molecule has 3 aromatic rings. The molecule has 30 heavy (non-hydrogen) atoms. The zero-order valence-electron chi connectivity index (χ0n) is 15.3. The van der Waals surface area contributed by atoms with E-state index >= 15 is 0 Å². The Bertz CT molecular complexity index is 1190. The Hall–Kier alpha value is -3.22. The molecule has 2 aliphatic heterocycles. The van der Waals surface area contributed by atoms with Crippen LogP contribution in [-0.4, -0.2) is 22.8 Å². The Morgan fingerprint density at radius 1 is 0.867 bits per heavy atom. The Morgan fingerprint density at radius 3 is 2.17 bits per heavy atom. The van der Waals surface area contributed by atoms with Crippen molar-refractivity contribution in [3.63, 3.8) is 0 Å². The van der Waals surface area contributed by atoms with Gasteiger partial charge in [-0.25, -0.2) is 14.4 Å². The van der Waals surface area contributed by atoms with Gasteiger partial charge in [0.1, 0.15) is 11.9 Å². The molecule has 8 heteroatoms. The van der Waals surface area contributed by atoms with Gasteiger partial charge in [-0.2, -0.15) is 5.01 Å². The molecular formula is C22H13Cl2FN4O. The van der Waals surface area contributed by atoms with Crippen molar-refractivity contribution >= 4 is 46.6 Å². The van der Waals surface area contributed by atoms with Gasteiger partial charge in [0.05, 0.1) is 5.69 Å². The summed E-state index contributed by atoms with van der Waals surface area (Å²) in [6, 6.07) is 20.2. The van der Waals surface area contributed by atoms with E-state index < -0.39 is 6.04 Å². The van der Waals surface area contributed by atoms with Gasteiger partial charge in [0, 0.05) is 15.6 Å². The van der Waals surface area contributed by atoms with E-state index in [9.17, 15) is 4.39 Å². The number of rotatable bonds is 3. The molecule has 0 radical (unpaired) electrons. The summed E-state index contributed by atoms with van der Waals surface area (Å²) in [6.45, 7) is 0. The fourth-order valence-corrected chi connectivity index (χ4v) is 3.38. The number of benzene rings is 3. The highest BCUT2D eigenvalue weighted by molar-refractivity contribution is 6.31. The van der Waals surface area contributed by atoms with Crippen molar-refractivity contribution in [3.8, 4) is 0 Å². The van der Waals surface area contributed by atoms with Crippen LogP contribution in [0.25, 0.3) is 0 Å². The monoisotopic (exact) mass is 438 g/mol. The van der Waals surface area contributed by atoms with Crippen LogP contribution in [0.4, 0.5) is 10.1 Å². The van der Waals surface area contributed by atoms with Crippen LogP contribution in [0.1, 0.15) is 17.2 Å². The number of nitrogens with zero attached hydrogens (tertiary/aromatic N) is 4. The van der Waals surface area contributed by atoms with Crippen molar-refractivity contribution in [2.75, 3.05) is 0 Å². The molecule has 0 saturated heterocycles. The van der Waals surface area contributed by atoms with Gasteiger partial charge in [0.25, 0.3) is 0 Å². The first-order chi connectivity index (χ1) is 14.6. The quantitative estimate of drug-likeness (QED) is 0.505. The molecule has 1 unspecified atom stereocenters. The van der Waals surface area contributed by atoms with E-state index in [1.54, 1.807) is 53.5 Å². The second kappa shape index (κ2) is 7.55. The number of hydrogen-bond acceptors (Lipinski definition) is 4. The molecule has 0 aromatic heterocycles. The van der Waals surface area contributed by atoms with Crippen molar-refractivity contribution in [1.82, 2.24) is 5.01 Å². The first-order valence-corrected chi connectivity index (χ1v) is 9.82. The summed E-state index contributed by atoms with van der Waals surface area (Å²) in [5.74, 6) is 0.620. The van der Waals surface area contributed by atoms with Gasteiger partial charge in [0.2, 0.25) is 5.90 Å². The fourth-order valence-electron chi connectivity index (χ4n) is 3.13. The molecule has 0 spiro atoms. The van der Waals surface area contributed by atoms with Crippen molar-refractivity contribution in [3.05, 3.63) is 99.8 Å². The standard InChI is InChI=1S/C22H13Cl2FN4O/c23-15-5-1-14(2-6-15)21-28-29-20(26-18-11-7-16(24)8-12-18)19(27-22(29)30-21)13-3-9-17(25)10-4-13/h1-12,19H. The highest BCUT2D eigenvalue weighted by Gasteiger charge is 2.40. The van der Waals surface area contributed by atoms with Crippen molar-refractivity contribution < 1.29 is 9.13 Å². The van der Waals surface area contributed by atoms with Crippen molar-refractivity contribution in [1.29, 1.82) is 0 Å². The van der Waals surface area contributed by atoms with E-state index in [-0.39, 0.29) is 5.82 Å². The number of hydrazone groups is 1. The molecule has 5 rings (SSSR count). The second-order valence-corrected chi connectivity index (χ2v) is 7.51. The average molecular weight is 439 g/mol. The highest BCUT2D eigenvalue weighted by atomic mass is 35.5. The lowest BCUT2D eigenvalue weighted by atomic mass is 10.1. The molecule has 0 bridgehead atoms. The molecule has 0 saturated carbocycles. The van der Waals surface area contributed by atoms with Crippen LogP contribution in [0.15, 0.2) is 87.9 Å². The summed E-state index contributed by atoms with van der Waals surface area (Å²) in [5.41, 5.74) is 2.23. The van der Waals surface area contributed by atoms with Gasteiger partial charge >= 0.3 is 6.02 Å². The molecule has 2 heterocycles. The van der Waals surface area contributed by atoms with Crippen LogP contribution in [0.3, 0.4) is 0 Å². The fraction of sp³-hybridized carbons (Fsp3) is 0.0455. The molecular weight excluding hydrogens is 426 g/mol. The Balaban J connectivity index is 1.55. The van der Waals surface area contributed by atoms with Crippen molar-refractivity contribution in [2.45, 2.75) is 6.04 Å². The average Bonchev–Trinajstić information content (AvgIpc) is 3.30. The molecule has 0 fully saturated rings. The van der Waals surface area contributed by atoms with Gasteiger partial charge in [-0.15, -0.1) is 5.10 Å². The van der Waals surface area contributed by atoms with E-state index in [4.69, 9.17) is 32.9 Å². The van der Waals surface area contributed by atoms with Crippen LogP contribution in [-0.2, 0) is 4.74 Å². The lowest BCUT2D eigenvalue weighted by Gasteiger charge is -2.13. The third kappa shape index (κ3) is 3.56. The third-order valence-electron chi connectivity index (χ3n) is 4.61. The number of aliphatic imine (C=N–C) groups is 2. The number of hydrogen-bond donors (Lipinski definition) is 0. The second-order valence-electron chi connectivity index (χ2n) is 6.64. The number of halogens is 3. The zero-order chi connectivity index (χ0) is 20.7. The van der Waals surface area contributed by atoms with Gasteiger partial charge in [0.15, 0.2) is 5.84 Å². The molecule has 1 atom stereocenters. The molecule has 2 aliphatic rings. The summed E-state index contributed by atoms with van der Waals surface area (Å²) in [6.07, 6.45) is 0. The van der Waals surface area contributed by atoms with Crippen LogP contribution >= 0.6 is 23.2 Å².